The predicted octanol–water partition coefficient (Wildman–Crippen LogP) is 2.48. The summed E-state index contributed by atoms with van der Waals surface area (Å²) in [5, 5.41) is 2.67. The molecule has 1 amide bonds. The molecule has 0 saturated carbocycles. The van der Waals surface area contributed by atoms with Gasteiger partial charge < -0.3 is 14.8 Å². The first-order valence-corrected chi connectivity index (χ1v) is 7.59. The van der Waals surface area contributed by atoms with Crippen LogP contribution in [0.15, 0.2) is 0 Å². The van der Waals surface area contributed by atoms with Crippen LogP contribution < -0.4 is 5.32 Å². The summed E-state index contributed by atoms with van der Waals surface area (Å²) in [5.74, 6) is 1.63. The van der Waals surface area contributed by atoms with Crippen LogP contribution in [0.4, 0.5) is 4.79 Å². The minimum absolute atomic E-state index is 0.383. The number of carbonyl (C=O) groups excluding carboxylic acids is 2. The molecule has 0 aromatic rings. The maximum absolute atomic E-state index is 11.2. The molecule has 94 valence electrons. The molecule has 0 aromatic heterocycles. The summed E-state index contributed by atoms with van der Waals surface area (Å²) in [6.07, 6.45) is 1.11. The van der Waals surface area contributed by atoms with E-state index in [2.05, 4.69) is 5.32 Å². The molecule has 1 N–H and O–H groups in total. The van der Waals surface area contributed by atoms with E-state index < -0.39 is 5.60 Å². The maximum atomic E-state index is 11.2. The summed E-state index contributed by atoms with van der Waals surface area (Å²) in [7, 11) is 3.28. The molecule has 0 atom stereocenters. The normalized spacial score (nSPS) is 10.9. The topological polar surface area (TPSA) is 55.4 Å². The molecule has 4 nitrogen and oxygen atoms in total. The lowest BCUT2D eigenvalue weighted by molar-refractivity contribution is -0.107. The van der Waals surface area contributed by atoms with Crippen molar-refractivity contribution in [2.45, 2.75) is 32.8 Å². The quantitative estimate of drug-likeness (QED) is 0.435. The molecule has 16 heavy (non-hydrogen) atoms. The van der Waals surface area contributed by atoms with Gasteiger partial charge in [-0.2, -0.15) is 0 Å². The van der Waals surface area contributed by atoms with Gasteiger partial charge >= 0.3 is 6.09 Å². The molecule has 0 fully saturated rings. The van der Waals surface area contributed by atoms with E-state index in [-0.39, 0.29) is 6.09 Å². The number of nitrogens with one attached hydrogen (secondary N) is 1. The number of carbonyl (C=O) groups is 2. The highest BCUT2D eigenvalue weighted by molar-refractivity contribution is 8.76. The van der Waals surface area contributed by atoms with Crippen LogP contribution in [0.3, 0.4) is 0 Å². The zero-order chi connectivity index (χ0) is 12.4. The summed E-state index contributed by atoms with van der Waals surface area (Å²) < 4.78 is 5.07. The van der Waals surface area contributed by atoms with Gasteiger partial charge in [-0.1, -0.05) is 21.6 Å². The smallest absolute Gasteiger partial charge is 0.407 e. The number of alkyl carbamates (subject to hydrolysis) is 1. The highest BCUT2D eigenvalue weighted by Crippen LogP contribution is 2.20. The molecule has 0 aliphatic rings. The van der Waals surface area contributed by atoms with Gasteiger partial charge in [-0.3, -0.25) is 0 Å². The lowest BCUT2D eigenvalue weighted by Crippen LogP contribution is -2.33. The van der Waals surface area contributed by atoms with E-state index in [0.717, 1.165) is 17.8 Å². The summed E-state index contributed by atoms with van der Waals surface area (Å²) in [6, 6.07) is 0. The van der Waals surface area contributed by atoms with Gasteiger partial charge in [0.25, 0.3) is 0 Å². The van der Waals surface area contributed by atoms with Gasteiger partial charge in [-0.05, 0) is 20.8 Å². The Morgan fingerprint density at radius 2 is 1.94 bits per heavy atom. The molecule has 0 saturated heterocycles. The molecule has 0 spiro atoms. The summed E-state index contributed by atoms with van der Waals surface area (Å²) in [6.45, 7) is 6.07. The Hall–Kier alpha value is -0.360. The minimum Gasteiger partial charge on any atom is -0.444 e. The Balaban J connectivity index is 3.31. The van der Waals surface area contributed by atoms with Gasteiger partial charge in [0, 0.05) is 24.5 Å². The standard InChI is InChI=1S/C10H19NO3S2/c1-10(2,3)14-9(13)11-5-8-16-15-7-4-6-12/h6H,4-5,7-8H2,1-3H3,(H,11,13). The Morgan fingerprint density at radius 3 is 2.50 bits per heavy atom. The number of hydrogen-bond donors (Lipinski definition) is 1. The number of ether oxygens (including phenoxy) is 1. The Bertz CT molecular complexity index is 217. The lowest BCUT2D eigenvalue weighted by Gasteiger charge is -2.19. The SMILES string of the molecule is CC(C)(C)OC(=O)NCCSSCCC=O. The van der Waals surface area contributed by atoms with E-state index in [1.807, 2.05) is 20.8 Å². The first-order valence-electron chi connectivity index (χ1n) is 5.10. The average Bonchev–Trinajstić information content (AvgIpc) is 2.13. The number of aldehydes is 1. The molecule has 0 radical (unpaired) electrons. The Kier molecular flexibility index (Phi) is 8.56. The second-order valence-corrected chi connectivity index (χ2v) is 6.73. The summed E-state index contributed by atoms with van der Waals surface area (Å²) >= 11 is 0. The van der Waals surface area contributed by atoms with Gasteiger partial charge in [-0.15, -0.1) is 0 Å². The Morgan fingerprint density at radius 1 is 1.31 bits per heavy atom. The van der Waals surface area contributed by atoms with Crippen LogP contribution in [0, 0.1) is 0 Å². The molecule has 6 heteroatoms. The van der Waals surface area contributed by atoms with Crippen LogP contribution in [-0.2, 0) is 9.53 Å². The first-order chi connectivity index (χ1) is 7.45. The van der Waals surface area contributed by atoms with Crippen LogP contribution in [-0.4, -0.2) is 36.0 Å². The first kappa shape index (κ1) is 15.6. The molecule has 0 unspecified atom stereocenters. The van der Waals surface area contributed by atoms with Crippen molar-refractivity contribution in [1.29, 1.82) is 0 Å². The maximum Gasteiger partial charge on any atom is 0.407 e. The predicted molar refractivity (Wildman–Crippen MR) is 69.8 cm³/mol. The third-order valence-corrected chi connectivity index (χ3v) is 3.70. The van der Waals surface area contributed by atoms with E-state index in [9.17, 15) is 9.59 Å². The minimum atomic E-state index is -0.448. The molecular weight excluding hydrogens is 246 g/mol. The van der Waals surface area contributed by atoms with Crippen LogP contribution in [0.2, 0.25) is 0 Å². The van der Waals surface area contributed by atoms with Crippen molar-refractivity contribution in [3.8, 4) is 0 Å². The van der Waals surface area contributed by atoms with Crippen molar-refractivity contribution in [1.82, 2.24) is 5.32 Å². The van der Waals surface area contributed by atoms with E-state index in [4.69, 9.17) is 4.74 Å². The summed E-state index contributed by atoms with van der Waals surface area (Å²) in [5.41, 5.74) is -0.448. The van der Waals surface area contributed by atoms with Crippen LogP contribution in [0.1, 0.15) is 27.2 Å². The van der Waals surface area contributed by atoms with Crippen LogP contribution in [0.25, 0.3) is 0 Å². The second kappa shape index (κ2) is 8.75. The molecule has 0 rings (SSSR count). The largest absolute Gasteiger partial charge is 0.444 e. The fourth-order valence-electron chi connectivity index (χ4n) is 0.723. The summed E-state index contributed by atoms with van der Waals surface area (Å²) in [4.78, 5) is 21.2. The van der Waals surface area contributed by atoms with E-state index in [1.54, 1.807) is 21.6 Å². The van der Waals surface area contributed by atoms with Gasteiger partial charge in [0.2, 0.25) is 0 Å². The van der Waals surface area contributed by atoms with Gasteiger partial charge in [0.1, 0.15) is 11.9 Å². The third kappa shape index (κ3) is 11.7. The zero-order valence-corrected chi connectivity index (χ0v) is 11.6. The zero-order valence-electron chi connectivity index (χ0n) is 9.95. The van der Waals surface area contributed by atoms with E-state index in [0.29, 0.717) is 13.0 Å². The molecule has 0 aliphatic carbocycles. The number of hydrogen-bond acceptors (Lipinski definition) is 5. The van der Waals surface area contributed by atoms with Crippen molar-refractivity contribution in [2.24, 2.45) is 0 Å². The molecular formula is C10H19NO3S2. The fraction of sp³-hybridized carbons (Fsp3) is 0.800. The molecule has 0 heterocycles. The monoisotopic (exact) mass is 265 g/mol. The van der Waals surface area contributed by atoms with Gasteiger partial charge in [-0.25, -0.2) is 4.79 Å². The van der Waals surface area contributed by atoms with Crippen molar-refractivity contribution in [2.75, 3.05) is 18.1 Å². The lowest BCUT2D eigenvalue weighted by atomic mass is 10.2. The average molecular weight is 265 g/mol. The number of rotatable bonds is 7. The molecule has 0 aromatic carbocycles. The molecule has 0 aliphatic heterocycles. The van der Waals surface area contributed by atoms with Crippen molar-refractivity contribution >= 4 is 34.0 Å². The van der Waals surface area contributed by atoms with E-state index in [1.165, 1.54) is 0 Å². The van der Waals surface area contributed by atoms with Crippen molar-refractivity contribution in [3.63, 3.8) is 0 Å². The highest BCUT2D eigenvalue weighted by Gasteiger charge is 2.15. The third-order valence-electron chi connectivity index (χ3n) is 1.26. The van der Waals surface area contributed by atoms with Gasteiger partial charge in [0.15, 0.2) is 0 Å². The fourth-order valence-corrected chi connectivity index (χ4v) is 2.58. The van der Waals surface area contributed by atoms with Crippen molar-refractivity contribution < 1.29 is 14.3 Å². The molecule has 0 bridgehead atoms. The van der Waals surface area contributed by atoms with Crippen LogP contribution in [0.5, 0.6) is 0 Å². The highest BCUT2D eigenvalue weighted by atomic mass is 33.1. The van der Waals surface area contributed by atoms with Crippen LogP contribution >= 0.6 is 21.6 Å². The second-order valence-electron chi connectivity index (χ2n) is 4.03. The van der Waals surface area contributed by atoms with E-state index >= 15 is 0 Å². The Labute approximate surface area is 105 Å². The van der Waals surface area contributed by atoms with Gasteiger partial charge in [0.05, 0.1) is 0 Å². The van der Waals surface area contributed by atoms with Crippen molar-refractivity contribution in [3.05, 3.63) is 0 Å². The number of amides is 1.